The van der Waals surface area contributed by atoms with Gasteiger partial charge in [0, 0.05) is 6.42 Å². The molecular formula is C22H23N3O4. The zero-order chi connectivity index (χ0) is 20.8. The molecule has 7 nitrogen and oxygen atoms in total. The summed E-state index contributed by atoms with van der Waals surface area (Å²) in [6.45, 7) is 4.20. The summed E-state index contributed by atoms with van der Waals surface area (Å²) >= 11 is 0. The third-order valence-corrected chi connectivity index (χ3v) is 4.42. The molecule has 0 radical (unpaired) electrons. The molecule has 0 spiro atoms. The fraction of sp³-hybridized carbons (Fsp3) is 0.227. The summed E-state index contributed by atoms with van der Waals surface area (Å²) in [5.74, 6) is 0.165. The van der Waals surface area contributed by atoms with Crippen molar-refractivity contribution in [2.45, 2.75) is 33.2 Å². The number of rotatable bonds is 8. The Morgan fingerprint density at radius 1 is 1.03 bits per heavy atom. The maximum absolute atomic E-state index is 12.0. The van der Waals surface area contributed by atoms with Crippen molar-refractivity contribution in [2.24, 2.45) is 0 Å². The van der Waals surface area contributed by atoms with Crippen molar-refractivity contribution in [2.75, 3.05) is 5.32 Å². The van der Waals surface area contributed by atoms with Gasteiger partial charge in [-0.25, -0.2) is 0 Å². The van der Waals surface area contributed by atoms with Gasteiger partial charge in [-0.05, 0) is 43.7 Å². The normalized spacial score (nSPS) is 10.6. The second-order valence-electron chi connectivity index (χ2n) is 6.71. The Balaban J connectivity index is 1.71. The predicted octanol–water partition coefficient (Wildman–Crippen LogP) is 4.14. The van der Waals surface area contributed by atoms with Gasteiger partial charge in [-0.1, -0.05) is 30.3 Å². The SMILES string of the molecule is Cc1nn(Cc2cccc(Oc3ccccc3)c2)c(C)c1NC(=O)CCC(=O)O. The molecule has 0 saturated heterocycles. The Kier molecular flexibility index (Phi) is 6.29. The van der Waals surface area contributed by atoms with Crippen molar-refractivity contribution in [3.8, 4) is 11.5 Å². The quantitative estimate of drug-likeness (QED) is 0.600. The number of benzene rings is 2. The molecule has 1 heterocycles. The number of carbonyl (C=O) groups is 2. The molecule has 0 fully saturated rings. The minimum atomic E-state index is -0.998. The number of hydrogen-bond acceptors (Lipinski definition) is 4. The standard InChI is InChI=1S/C22H23N3O4/c1-15-22(23-20(26)11-12-21(27)28)16(2)25(24-15)14-17-7-6-10-19(13-17)29-18-8-4-3-5-9-18/h3-10,13H,11-12,14H2,1-2H3,(H,23,26)(H,27,28). The van der Waals surface area contributed by atoms with Crippen LogP contribution in [0.15, 0.2) is 54.6 Å². The Bertz CT molecular complexity index is 1010. The molecule has 7 heteroatoms. The summed E-state index contributed by atoms with van der Waals surface area (Å²) < 4.78 is 7.69. The molecule has 0 aliphatic heterocycles. The van der Waals surface area contributed by atoms with Gasteiger partial charge in [0.1, 0.15) is 11.5 Å². The summed E-state index contributed by atoms with van der Waals surface area (Å²) in [6.07, 6.45) is -0.273. The number of ether oxygens (including phenoxy) is 1. The highest BCUT2D eigenvalue weighted by atomic mass is 16.5. The Hall–Kier alpha value is -3.61. The number of aromatic nitrogens is 2. The number of aryl methyl sites for hydroxylation is 1. The second kappa shape index (κ2) is 9.05. The fourth-order valence-electron chi connectivity index (χ4n) is 2.96. The third kappa shape index (κ3) is 5.44. The van der Waals surface area contributed by atoms with E-state index < -0.39 is 5.97 Å². The van der Waals surface area contributed by atoms with Gasteiger partial charge >= 0.3 is 5.97 Å². The van der Waals surface area contributed by atoms with Crippen LogP contribution >= 0.6 is 0 Å². The number of anilines is 1. The summed E-state index contributed by atoms with van der Waals surface area (Å²) in [6, 6.07) is 17.3. The van der Waals surface area contributed by atoms with Gasteiger partial charge in [0.15, 0.2) is 0 Å². The maximum atomic E-state index is 12.0. The maximum Gasteiger partial charge on any atom is 0.303 e. The lowest BCUT2D eigenvalue weighted by Gasteiger charge is -2.09. The Morgan fingerprint density at radius 2 is 1.76 bits per heavy atom. The molecule has 3 rings (SSSR count). The number of aliphatic carboxylic acids is 1. The third-order valence-electron chi connectivity index (χ3n) is 4.42. The van der Waals surface area contributed by atoms with Gasteiger partial charge in [-0.2, -0.15) is 5.10 Å². The van der Waals surface area contributed by atoms with Crippen molar-refractivity contribution >= 4 is 17.6 Å². The molecule has 0 atom stereocenters. The smallest absolute Gasteiger partial charge is 0.303 e. The van der Waals surface area contributed by atoms with E-state index in [4.69, 9.17) is 9.84 Å². The van der Waals surface area contributed by atoms with Crippen LogP contribution < -0.4 is 10.1 Å². The van der Waals surface area contributed by atoms with Gasteiger partial charge in [-0.15, -0.1) is 0 Å². The molecule has 0 saturated carbocycles. The molecule has 1 aromatic heterocycles. The first-order valence-electron chi connectivity index (χ1n) is 9.30. The van der Waals surface area contributed by atoms with Gasteiger partial charge in [0.05, 0.1) is 30.0 Å². The van der Waals surface area contributed by atoms with Crippen LogP contribution in [0.2, 0.25) is 0 Å². The van der Waals surface area contributed by atoms with E-state index in [0.717, 1.165) is 22.8 Å². The average molecular weight is 393 g/mol. The monoisotopic (exact) mass is 393 g/mol. The molecule has 2 N–H and O–H groups in total. The molecule has 3 aromatic rings. The van der Waals surface area contributed by atoms with E-state index in [2.05, 4.69) is 10.4 Å². The predicted molar refractivity (Wildman–Crippen MR) is 109 cm³/mol. The molecule has 150 valence electrons. The van der Waals surface area contributed by atoms with Gasteiger partial charge in [0.25, 0.3) is 0 Å². The van der Waals surface area contributed by atoms with E-state index in [-0.39, 0.29) is 18.7 Å². The van der Waals surface area contributed by atoms with E-state index in [1.54, 1.807) is 0 Å². The lowest BCUT2D eigenvalue weighted by atomic mass is 10.2. The molecule has 0 aliphatic rings. The first kappa shape index (κ1) is 20.1. The molecule has 1 amide bonds. The summed E-state index contributed by atoms with van der Waals surface area (Å²) in [5.41, 5.74) is 3.12. The molecule has 0 aliphatic carbocycles. The fourth-order valence-corrected chi connectivity index (χ4v) is 2.96. The van der Waals surface area contributed by atoms with Crippen LogP contribution in [0.3, 0.4) is 0 Å². The van der Waals surface area contributed by atoms with Crippen molar-refractivity contribution in [1.29, 1.82) is 0 Å². The highest BCUT2D eigenvalue weighted by Crippen LogP contribution is 2.24. The summed E-state index contributed by atoms with van der Waals surface area (Å²) in [7, 11) is 0. The van der Waals surface area contributed by atoms with Crippen molar-refractivity contribution < 1.29 is 19.4 Å². The Labute approximate surface area is 168 Å². The highest BCUT2D eigenvalue weighted by Gasteiger charge is 2.15. The topological polar surface area (TPSA) is 93.5 Å². The number of carboxylic acid groups (broad SMARTS) is 1. The lowest BCUT2D eigenvalue weighted by Crippen LogP contribution is -2.14. The molecule has 0 unspecified atom stereocenters. The van der Waals surface area contributed by atoms with E-state index in [0.29, 0.717) is 17.9 Å². The van der Waals surface area contributed by atoms with E-state index in [9.17, 15) is 9.59 Å². The Morgan fingerprint density at radius 3 is 2.48 bits per heavy atom. The lowest BCUT2D eigenvalue weighted by molar-refractivity contribution is -0.138. The van der Waals surface area contributed by atoms with Gasteiger partial charge < -0.3 is 15.2 Å². The molecular weight excluding hydrogens is 370 g/mol. The first-order valence-corrected chi connectivity index (χ1v) is 9.30. The number of amides is 1. The van der Waals surface area contributed by atoms with Gasteiger partial charge in [-0.3, -0.25) is 14.3 Å². The van der Waals surface area contributed by atoms with Crippen molar-refractivity contribution in [1.82, 2.24) is 9.78 Å². The number of nitrogens with one attached hydrogen (secondary N) is 1. The van der Waals surface area contributed by atoms with Crippen LogP contribution in [0.4, 0.5) is 5.69 Å². The zero-order valence-electron chi connectivity index (χ0n) is 16.4. The number of carbonyl (C=O) groups excluding carboxylic acids is 1. The minimum absolute atomic E-state index is 0.0712. The van der Waals surface area contributed by atoms with Crippen molar-refractivity contribution in [3.05, 3.63) is 71.5 Å². The van der Waals surface area contributed by atoms with Crippen LogP contribution in [0.5, 0.6) is 11.5 Å². The second-order valence-corrected chi connectivity index (χ2v) is 6.71. The van der Waals surface area contributed by atoms with Crippen LogP contribution in [-0.2, 0) is 16.1 Å². The van der Waals surface area contributed by atoms with E-state index in [1.807, 2.05) is 73.1 Å². The van der Waals surface area contributed by atoms with Crippen LogP contribution in [0, 0.1) is 13.8 Å². The van der Waals surface area contributed by atoms with E-state index >= 15 is 0 Å². The largest absolute Gasteiger partial charge is 0.481 e. The molecule has 0 bridgehead atoms. The summed E-state index contributed by atoms with van der Waals surface area (Å²) in [5, 5.41) is 16.0. The van der Waals surface area contributed by atoms with Crippen LogP contribution in [0.25, 0.3) is 0 Å². The minimum Gasteiger partial charge on any atom is -0.481 e. The first-order chi connectivity index (χ1) is 13.9. The number of hydrogen-bond donors (Lipinski definition) is 2. The highest BCUT2D eigenvalue weighted by molar-refractivity contribution is 5.93. The number of carboxylic acids is 1. The van der Waals surface area contributed by atoms with Crippen molar-refractivity contribution in [3.63, 3.8) is 0 Å². The number of para-hydroxylation sites is 1. The summed E-state index contributed by atoms with van der Waals surface area (Å²) in [4.78, 5) is 22.6. The van der Waals surface area contributed by atoms with Gasteiger partial charge in [0.2, 0.25) is 5.91 Å². The van der Waals surface area contributed by atoms with E-state index in [1.165, 1.54) is 0 Å². The van der Waals surface area contributed by atoms with Crippen LogP contribution in [0.1, 0.15) is 29.8 Å². The molecule has 2 aromatic carbocycles. The van der Waals surface area contributed by atoms with Crippen LogP contribution in [-0.4, -0.2) is 26.8 Å². The average Bonchev–Trinajstić information content (AvgIpc) is 2.95. The molecule has 29 heavy (non-hydrogen) atoms. The zero-order valence-corrected chi connectivity index (χ0v) is 16.4. The number of nitrogens with zero attached hydrogens (tertiary/aromatic N) is 2.